The number of nitrogens with one attached hydrogen (secondary N) is 1. The third kappa shape index (κ3) is 2.19. The monoisotopic (exact) mass is 246 g/mol. The molecule has 0 amide bonds. The zero-order valence-electron chi connectivity index (χ0n) is 10.6. The average molecular weight is 246 g/mol. The molecule has 1 heterocycles. The molecule has 2 saturated carbocycles. The summed E-state index contributed by atoms with van der Waals surface area (Å²) in [5.74, 6) is 0.550. The molecular weight excluding hydrogens is 228 g/mol. The fourth-order valence-corrected chi connectivity index (χ4v) is 2.62. The molecule has 18 heavy (non-hydrogen) atoms. The Kier molecular flexibility index (Phi) is 2.73. The number of aromatic nitrogens is 1. The number of hydrogen-bond donors (Lipinski definition) is 1. The molecule has 0 saturated heterocycles. The number of carbonyl (C=O) groups is 1. The number of ether oxygens (including phenoxy) is 1. The Morgan fingerprint density at radius 1 is 1.56 bits per heavy atom. The van der Waals surface area contributed by atoms with E-state index in [0.717, 1.165) is 18.2 Å². The molecular formula is C14H18N2O2. The number of methoxy groups -OCH3 is 1. The van der Waals surface area contributed by atoms with E-state index >= 15 is 0 Å². The first-order valence-electron chi connectivity index (χ1n) is 6.52. The summed E-state index contributed by atoms with van der Waals surface area (Å²) in [5.41, 5.74) is 1.87. The lowest BCUT2D eigenvalue weighted by atomic mass is 10.0. The Morgan fingerprint density at radius 3 is 2.94 bits per heavy atom. The van der Waals surface area contributed by atoms with Gasteiger partial charge in [-0.3, -0.25) is 0 Å². The molecule has 0 aromatic carbocycles. The first kappa shape index (κ1) is 11.5. The zero-order valence-corrected chi connectivity index (χ0v) is 10.6. The lowest BCUT2D eigenvalue weighted by Crippen LogP contribution is -2.17. The van der Waals surface area contributed by atoms with E-state index in [2.05, 4.69) is 15.0 Å². The lowest BCUT2D eigenvalue weighted by Gasteiger charge is -2.16. The standard InChI is InChI=1S/C14H18N2O2/c1-18-13(17)12-8-11(4-7-15-12)16-9-14(5-6-14)10-2-3-10/h4,7-8,10H,2-3,5-6,9H2,1H3,(H,15,16). The topological polar surface area (TPSA) is 51.2 Å². The largest absolute Gasteiger partial charge is 0.464 e. The van der Waals surface area contributed by atoms with Crippen LogP contribution in [0.25, 0.3) is 0 Å². The second-order valence-electron chi connectivity index (χ2n) is 5.41. The predicted molar refractivity (Wildman–Crippen MR) is 68.5 cm³/mol. The minimum absolute atomic E-state index is 0.360. The summed E-state index contributed by atoms with van der Waals surface area (Å²) in [5, 5.41) is 3.44. The van der Waals surface area contributed by atoms with E-state index in [9.17, 15) is 4.79 Å². The average Bonchev–Trinajstić information content (AvgIpc) is 3.28. The molecule has 4 heteroatoms. The summed E-state index contributed by atoms with van der Waals surface area (Å²) < 4.78 is 4.67. The molecule has 0 aliphatic heterocycles. The van der Waals surface area contributed by atoms with Crippen molar-refractivity contribution in [2.75, 3.05) is 19.0 Å². The molecule has 1 aromatic heterocycles. The Morgan fingerprint density at radius 2 is 2.33 bits per heavy atom. The lowest BCUT2D eigenvalue weighted by molar-refractivity contribution is 0.0594. The first-order chi connectivity index (χ1) is 8.73. The molecule has 2 aliphatic rings. The Hall–Kier alpha value is -1.58. The third-order valence-electron chi connectivity index (χ3n) is 4.13. The van der Waals surface area contributed by atoms with Gasteiger partial charge in [-0.1, -0.05) is 0 Å². The molecule has 2 aliphatic carbocycles. The Labute approximate surface area is 107 Å². The van der Waals surface area contributed by atoms with Crippen LogP contribution in [0, 0.1) is 11.3 Å². The molecule has 0 atom stereocenters. The summed E-state index contributed by atoms with van der Waals surface area (Å²) in [6.07, 6.45) is 7.13. The fraction of sp³-hybridized carbons (Fsp3) is 0.571. The van der Waals surface area contributed by atoms with Crippen molar-refractivity contribution in [1.82, 2.24) is 4.98 Å². The van der Waals surface area contributed by atoms with Gasteiger partial charge in [0.05, 0.1) is 7.11 Å². The minimum Gasteiger partial charge on any atom is -0.464 e. The van der Waals surface area contributed by atoms with Crippen LogP contribution in [0.2, 0.25) is 0 Å². The third-order valence-corrected chi connectivity index (χ3v) is 4.13. The number of carbonyl (C=O) groups excluding carboxylic acids is 1. The van der Waals surface area contributed by atoms with Gasteiger partial charge < -0.3 is 10.1 Å². The van der Waals surface area contributed by atoms with Gasteiger partial charge in [0.1, 0.15) is 5.69 Å². The molecule has 0 bridgehead atoms. The highest BCUT2D eigenvalue weighted by Crippen LogP contribution is 2.61. The number of nitrogens with zero attached hydrogens (tertiary/aromatic N) is 1. The maximum Gasteiger partial charge on any atom is 0.356 e. The van der Waals surface area contributed by atoms with Crippen LogP contribution in [0.4, 0.5) is 5.69 Å². The molecule has 1 aromatic rings. The van der Waals surface area contributed by atoms with E-state index in [1.807, 2.05) is 6.07 Å². The molecule has 3 rings (SSSR count). The van der Waals surface area contributed by atoms with Crippen LogP contribution in [-0.4, -0.2) is 24.6 Å². The molecule has 96 valence electrons. The van der Waals surface area contributed by atoms with Gasteiger partial charge in [0.15, 0.2) is 0 Å². The zero-order chi connectivity index (χ0) is 12.6. The summed E-state index contributed by atoms with van der Waals surface area (Å²) >= 11 is 0. The Bertz CT molecular complexity index is 465. The number of rotatable bonds is 5. The van der Waals surface area contributed by atoms with E-state index in [-0.39, 0.29) is 5.97 Å². The van der Waals surface area contributed by atoms with Crippen LogP contribution in [0.1, 0.15) is 36.2 Å². The number of esters is 1. The molecule has 0 unspecified atom stereocenters. The highest BCUT2D eigenvalue weighted by atomic mass is 16.5. The van der Waals surface area contributed by atoms with Gasteiger partial charge in [0, 0.05) is 18.4 Å². The summed E-state index contributed by atoms with van der Waals surface area (Å²) in [7, 11) is 1.37. The summed E-state index contributed by atoms with van der Waals surface area (Å²) in [6, 6.07) is 3.66. The second-order valence-corrected chi connectivity index (χ2v) is 5.41. The van der Waals surface area contributed by atoms with E-state index in [0.29, 0.717) is 11.1 Å². The normalized spacial score (nSPS) is 20.3. The Balaban J connectivity index is 1.64. The van der Waals surface area contributed by atoms with Gasteiger partial charge in [0.2, 0.25) is 0 Å². The highest BCUT2D eigenvalue weighted by molar-refractivity contribution is 5.88. The maximum atomic E-state index is 11.4. The second kappa shape index (κ2) is 4.26. The first-order valence-corrected chi connectivity index (χ1v) is 6.52. The SMILES string of the molecule is COC(=O)c1cc(NCC2(C3CC3)CC2)ccn1. The molecule has 0 radical (unpaired) electrons. The molecule has 4 nitrogen and oxygen atoms in total. The van der Waals surface area contributed by atoms with Crippen molar-refractivity contribution in [3.8, 4) is 0 Å². The highest BCUT2D eigenvalue weighted by Gasteiger charge is 2.53. The van der Waals surface area contributed by atoms with Gasteiger partial charge >= 0.3 is 5.97 Å². The van der Waals surface area contributed by atoms with Gasteiger partial charge in [-0.15, -0.1) is 0 Å². The van der Waals surface area contributed by atoms with Crippen molar-refractivity contribution in [2.24, 2.45) is 11.3 Å². The van der Waals surface area contributed by atoms with Gasteiger partial charge in [0.25, 0.3) is 0 Å². The van der Waals surface area contributed by atoms with E-state index in [1.54, 1.807) is 12.3 Å². The predicted octanol–water partition coefficient (Wildman–Crippen LogP) is 2.47. The van der Waals surface area contributed by atoms with Gasteiger partial charge in [-0.05, 0) is 49.1 Å². The van der Waals surface area contributed by atoms with E-state index < -0.39 is 0 Å². The van der Waals surface area contributed by atoms with Crippen LogP contribution in [0.5, 0.6) is 0 Å². The quantitative estimate of drug-likeness (QED) is 0.811. The van der Waals surface area contributed by atoms with Gasteiger partial charge in [-0.25, -0.2) is 9.78 Å². The van der Waals surface area contributed by atoms with Crippen molar-refractivity contribution in [3.05, 3.63) is 24.0 Å². The van der Waals surface area contributed by atoms with Crippen molar-refractivity contribution in [1.29, 1.82) is 0 Å². The smallest absolute Gasteiger partial charge is 0.356 e. The number of hydrogen-bond acceptors (Lipinski definition) is 4. The summed E-state index contributed by atoms with van der Waals surface area (Å²) in [6.45, 7) is 1.02. The van der Waals surface area contributed by atoms with E-state index in [1.165, 1.54) is 32.8 Å². The molecule has 0 spiro atoms. The van der Waals surface area contributed by atoms with Crippen molar-refractivity contribution >= 4 is 11.7 Å². The minimum atomic E-state index is -0.387. The van der Waals surface area contributed by atoms with Crippen LogP contribution < -0.4 is 5.32 Å². The van der Waals surface area contributed by atoms with Crippen LogP contribution in [0.15, 0.2) is 18.3 Å². The van der Waals surface area contributed by atoms with Crippen LogP contribution in [-0.2, 0) is 4.74 Å². The fourth-order valence-electron chi connectivity index (χ4n) is 2.62. The van der Waals surface area contributed by atoms with Gasteiger partial charge in [-0.2, -0.15) is 0 Å². The van der Waals surface area contributed by atoms with E-state index in [4.69, 9.17) is 0 Å². The molecule has 2 fully saturated rings. The van der Waals surface area contributed by atoms with Crippen molar-refractivity contribution < 1.29 is 9.53 Å². The number of anilines is 1. The maximum absolute atomic E-state index is 11.4. The van der Waals surface area contributed by atoms with Crippen LogP contribution in [0.3, 0.4) is 0 Å². The number of pyridine rings is 1. The van der Waals surface area contributed by atoms with Crippen molar-refractivity contribution in [2.45, 2.75) is 25.7 Å². The summed E-state index contributed by atoms with van der Waals surface area (Å²) in [4.78, 5) is 15.4. The van der Waals surface area contributed by atoms with Crippen molar-refractivity contribution in [3.63, 3.8) is 0 Å². The van der Waals surface area contributed by atoms with Crippen LogP contribution >= 0.6 is 0 Å². The molecule has 1 N–H and O–H groups in total.